The molecule has 0 aliphatic heterocycles. The molecule has 0 amide bonds. The number of rotatable bonds is 5. The van der Waals surface area contributed by atoms with Crippen molar-refractivity contribution >= 4 is 24.0 Å². The maximum Gasteiger partial charge on any atom is 0.303 e. The van der Waals surface area contributed by atoms with Crippen LogP contribution in [0.15, 0.2) is 0 Å². The smallest absolute Gasteiger partial charge is 0.303 e. The number of ketones is 1. The maximum atomic E-state index is 11.6. The lowest BCUT2D eigenvalue weighted by molar-refractivity contribution is -0.149. The molecule has 1 aliphatic carbocycles. The van der Waals surface area contributed by atoms with Crippen LogP contribution in [0.3, 0.4) is 0 Å². The van der Waals surface area contributed by atoms with Crippen LogP contribution in [0.4, 0.5) is 0 Å². The zero-order valence-electron chi connectivity index (χ0n) is 9.42. The lowest BCUT2D eigenvalue weighted by Crippen LogP contribution is -2.26. The van der Waals surface area contributed by atoms with Crippen molar-refractivity contribution in [3.05, 3.63) is 0 Å². The zero-order chi connectivity index (χ0) is 13.0. The molecule has 1 fully saturated rings. The third kappa shape index (κ3) is 3.37. The monoisotopic (exact) mass is 242 g/mol. The molecule has 6 heteroatoms. The molecule has 6 nitrogen and oxygen atoms in total. The van der Waals surface area contributed by atoms with Gasteiger partial charge in [-0.25, -0.2) is 0 Å². The molecular formula is C11H14O6. The van der Waals surface area contributed by atoms with Crippen molar-refractivity contribution in [2.75, 3.05) is 0 Å². The summed E-state index contributed by atoms with van der Waals surface area (Å²) >= 11 is 0. The van der Waals surface area contributed by atoms with Crippen LogP contribution in [0.1, 0.15) is 26.2 Å². The Labute approximate surface area is 97.9 Å². The van der Waals surface area contributed by atoms with Crippen LogP contribution < -0.4 is 0 Å². The van der Waals surface area contributed by atoms with Gasteiger partial charge in [0.15, 0.2) is 0 Å². The molecule has 1 N–H and O–H groups in total. The molecule has 0 saturated heterocycles. The molecule has 0 aromatic heterocycles. The van der Waals surface area contributed by atoms with Crippen molar-refractivity contribution in [1.82, 2.24) is 0 Å². The van der Waals surface area contributed by atoms with Crippen LogP contribution in [-0.4, -0.2) is 35.2 Å². The zero-order valence-corrected chi connectivity index (χ0v) is 9.42. The number of carbonyl (C=O) groups is 4. The van der Waals surface area contributed by atoms with E-state index in [0.29, 0.717) is 6.29 Å². The normalized spacial score (nSPS) is 27.8. The van der Waals surface area contributed by atoms with E-state index in [4.69, 9.17) is 9.84 Å². The fourth-order valence-electron chi connectivity index (χ4n) is 2.11. The quantitative estimate of drug-likeness (QED) is 0.545. The number of carboxylic acids is 1. The largest absolute Gasteiger partial charge is 0.481 e. The fourth-order valence-corrected chi connectivity index (χ4v) is 2.11. The minimum atomic E-state index is -1.02. The van der Waals surface area contributed by atoms with Gasteiger partial charge in [0, 0.05) is 25.7 Å². The predicted molar refractivity (Wildman–Crippen MR) is 55.1 cm³/mol. The first-order valence-electron chi connectivity index (χ1n) is 5.32. The summed E-state index contributed by atoms with van der Waals surface area (Å²) in [4.78, 5) is 43.7. The summed E-state index contributed by atoms with van der Waals surface area (Å²) in [7, 11) is 0. The molecule has 0 heterocycles. The Balaban J connectivity index is 2.69. The van der Waals surface area contributed by atoms with Crippen LogP contribution in [0, 0.1) is 11.8 Å². The summed E-state index contributed by atoms with van der Waals surface area (Å²) in [6, 6.07) is 0. The highest BCUT2D eigenvalue weighted by atomic mass is 16.5. The summed E-state index contributed by atoms with van der Waals surface area (Å²) in [6.45, 7) is 1.21. The van der Waals surface area contributed by atoms with Gasteiger partial charge in [-0.3, -0.25) is 14.4 Å². The van der Waals surface area contributed by atoms with Crippen molar-refractivity contribution in [1.29, 1.82) is 0 Å². The predicted octanol–water partition coefficient (Wildman–Crippen LogP) is 0.187. The number of aldehydes is 1. The third-order valence-corrected chi connectivity index (χ3v) is 2.85. The topological polar surface area (TPSA) is 97.7 Å². The minimum Gasteiger partial charge on any atom is -0.481 e. The molecule has 0 aromatic rings. The fraction of sp³-hybridized carbons (Fsp3) is 0.636. The Kier molecular flexibility index (Phi) is 4.37. The Bertz CT molecular complexity index is 348. The number of aliphatic carboxylic acids is 1. The van der Waals surface area contributed by atoms with E-state index in [2.05, 4.69) is 0 Å². The minimum absolute atomic E-state index is 0.00667. The van der Waals surface area contributed by atoms with Gasteiger partial charge in [0.1, 0.15) is 18.2 Å². The Hall–Kier alpha value is -1.72. The standard InChI is InChI=1S/C11H14O6/c1-6(13)17-10-4-9(14)7(8(10)5-12)2-3-11(15)16/h5,7-8,10H,2-4H2,1H3,(H,15,16). The van der Waals surface area contributed by atoms with E-state index in [-0.39, 0.29) is 25.0 Å². The number of carbonyl (C=O) groups excluding carboxylic acids is 3. The number of ether oxygens (including phenoxy) is 1. The van der Waals surface area contributed by atoms with Gasteiger partial charge in [-0.15, -0.1) is 0 Å². The molecule has 0 bridgehead atoms. The van der Waals surface area contributed by atoms with Crippen LogP contribution in [-0.2, 0) is 23.9 Å². The van der Waals surface area contributed by atoms with Crippen molar-refractivity contribution in [2.24, 2.45) is 11.8 Å². The van der Waals surface area contributed by atoms with Crippen molar-refractivity contribution in [3.8, 4) is 0 Å². The first-order valence-corrected chi connectivity index (χ1v) is 5.32. The van der Waals surface area contributed by atoms with Crippen molar-refractivity contribution in [3.63, 3.8) is 0 Å². The van der Waals surface area contributed by atoms with Gasteiger partial charge in [-0.2, -0.15) is 0 Å². The van der Waals surface area contributed by atoms with Gasteiger partial charge >= 0.3 is 11.9 Å². The van der Waals surface area contributed by atoms with E-state index < -0.39 is 29.9 Å². The number of carboxylic acid groups (broad SMARTS) is 1. The molecule has 17 heavy (non-hydrogen) atoms. The molecule has 0 aromatic carbocycles. The summed E-state index contributed by atoms with van der Waals surface area (Å²) in [5.41, 5.74) is 0. The molecule has 3 unspecified atom stereocenters. The van der Waals surface area contributed by atoms with Crippen molar-refractivity contribution in [2.45, 2.75) is 32.3 Å². The van der Waals surface area contributed by atoms with Crippen LogP contribution >= 0.6 is 0 Å². The van der Waals surface area contributed by atoms with Gasteiger partial charge in [0.05, 0.1) is 5.92 Å². The van der Waals surface area contributed by atoms with Gasteiger partial charge in [-0.05, 0) is 6.42 Å². The van der Waals surface area contributed by atoms with E-state index in [1.807, 2.05) is 0 Å². The highest BCUT2D eigenvalue weighted by Crippen LogP contribution is 2.33. The second-order valence-corrected chi connectivity index (χ2v) is 4.07. The SMILES string of the molecule is CC(=O)OC1CC(=O)C(CCC(=O)O)C1C=O. The van der Waals surface area contributed by atoms with Crippen LogP contribution in [0.5, 0.6) is 0 Å². The van der Waals surface area contributed by atoms with Gasteiger partial charge < -0.3 is 14.6 Å². The average molecular weight is 242 g/mol. The number of hydrogen-bond donors (Lipinski definition) is 1. The Morgan fingerprint density at radius 3 is 2.65 bits per heavy atom. The van der Waals surface area contributed by atoms with Crippen LogP contribution in [0.25, 0.3) is 0 Å². The number of hydrogen-bond acceptors (Lipinski definition) is 5. The van der Waals surface area contributed by atoms with E-state index in [9.17, 15) is 19.2 Å². The Morgan fingerprint density at radius 2 is 2.18 bits per heavy atom. The molecule has 1 aliphatic rings. The lowest BCUT2D eigenvalue weighted by atomic mass is 9.91. The number of Topliss-reactive ketones (excluding diaryl/α,β-unsaturated/α-hetero) is 1. The van der Waals surface area contributed by atoms with E-state index in [1.165, 1.54) is 6.92 Å². The molecule has 3 atom stereocenters. The summed E-state index contributed by atoms with van der Waals surface area (Å²) < 4.78 is 4.88. The molecule has 0 radical (unpaired) electrons. The van der Waals surface area contributed by atoms with E-state index >= 15 is 0 Å². The van der Waals surface area contributed by atoms with E-state index in [1.54, 1.807) is 0 Å². The molecule has 1 rings (SSSR count). The van der Waals surface area contributed by atoms with Crippen LogP contribution in [0.2, 0.25) is 0 Å². The highest BCUT2D eigenvalue weighted by Gasteiger charge is 2.44. The Morgan fingerprint density at radius 1 is 1.53 bits per heavy atom. The third-order valence-electron chi connectivity index (χ3n) is 2.85. The van der Waals surface area contributed by atoms with Gasteiger partial charge in [0.25, 0.3) is 0 Å². The first-order chi connectivity index (χ1) is 7.95. The highest BCUT2D eigenvalue weighted by molar-refractivity contribution is 5.89. The van der Waals surface area contributed by atoms with Crippen molar-refractivity contribution < 1.29 is 29.0 Å². The molecule has 1 saturated carbocycles. The summed E-state index contributed by atoms with van der Waals surface area (Å²) in [5, 5.41) is 8.55. The first kappa shape index (κ1) is 13.3. The molecule has 0 spiro atoms. The average Bonchev–Trinajstić information content (AvgIpc) is 2.49. The second-order valence-electron chi connectivity index (χ2n) is 4.07. The van der Waals surface area contributed by atoms with Gasteiger partial charge in [-0.1, -0.05) is 0 Å². The maximum absolute atomic E-state index is 11.6. The number of esters is 1. The summed E-state index contributed by atoms with van der Waals surface area (Å²) in [5.74, 6) is -3.14. The molecular weight excluding hydrogens is 228 g/mol. The second kappa shape index (κ2) is 5.56. The molecule has 94 valence electrons. The summed E-state index contributed by atoms with van der Waals surface area (Å²) in [6.07, 6.45) is -0.238. The van der Waals surface area contributed by atoms with E-state index in [0.717, 1.165) is 0 Å². The van der Waals surface area contributed by atoms with Gasteiger partial charge in [0.2, 0.25) is 0 Å². The lowest BCUT2D eigenvalue weighted by Gasteiger charge is -2.17.